The number of carboxylic acids is 1. The molecule has 1 aliphatic carbocycles. The first-order valence-corrected chi connectivity index (χ1v) is 5.20. The predicted molar refractivity (Wildman–Crippen MR) is 52.5 cm³/mol. The summed E-state index contributed by atoms with van der Waals surface area (Å²) in [6.45, 7) is 6.69. The quantitative estimate of drug-likeness (QED) is 0.732. The third kappa shape index (κ3) is 2.23. The second-order valence-corrected chi connectivity index (χ2v) is 4.89. The monoisotopic (exact) mass is 184 g/mol. The van der Waals surface area contributed by atoms with E-state index >= 15 is 0 Å². The lowest BCUT2D eigenvalue weighted by atomic mass is 9.75. The van der Waals surface area contributed by atoms with Crippen molar-refractivity contribution in [3.05, 3.63) is 0 Å². The minimum Gasteiger partial charge on any atom is -0.481 e. The molecule has 2 nitrogen and oxygen atoms in total. The molecule has 2 unspecified atom stereocenters. The van der Waals surface area contributed by atoms with E-state index in [1.54, 1.807) is 0 Å². The molecule has 0 aliphatic heterocycles. The van der Waals surface area contributed by atoms with E-state index in [9.17, 15) is 4.79 Å². The van der Waals surface area contributed by atoms with Crippen LogP contribution < -0.4 is 0 Å². The average molecular weight is 184 g/mol. The molecule has 0 spiro atoms. The van der Waals surface area contributed by atoms with Crippen LogP contribution in [0.1, 0.15) is 46.5 Å². The van der Waals surface area contributed by atoms with Crippen molar-refractivity contribution in [1.29, 1.82) is 0 Å². The molecule has 0 amide bonds. The van der Waals surface area contributed by atoms with Crippen LogP contribution in [0.25, 0.3) is 0 Å². The Morgan fingerprint density at radius 2 is 2.08 bits per heavy atom. The van der Waals surface area contributed by atoms with Crippen molar-refractivity contribution < 1.29 is 9.90 Å². The number of hydrogen-bond acceptors (Lipinski definition) is 1. The lowest BCUT2D eigenvalue weighted by molar-refractivity contribution is -0.141. The molecular weight excluding hydrogens is 164 g/mol. The molecule has 1 rings (SSSR count). The molecule has 0 radical (unpaired) electrons. The summed E-state index contributed by atoms with van der Waals surface area (Å²) < 4.78 is 0. The molecule has 13 heavy (non-hydrogen) atoms. The molecule has 1 N–H and O–H groups in total. The number of aliphatic carboxylic acids is 1. The van der Waals surface area contributed by atoms with Gasteiger partial charge in [0.1, 0.15) is 0 Å². The molecule has 0 saturated heterocycles. The molecular formula is C11H20O2. The molecule has 0 aromatic rings. The topological polar surface area (TPSA) is 37.3 Å². The van der Waals surface area contributed by atoms with Gasteiger partial charge in [0.2, 0.25) is 0 Å². The predicted octanol–water partition coefficient (Wildman–Crippen LogP) is 2.92. The number of rotatable bonds is 3. The van der Waals surface area contributed by atoms with E-state index < -0.39 is 5.97 Å². The Bertz CT molecular complexity index is 196. The van der Waals surface area contributed by atoms with Gasteiger partial charge in [0.05, 0.1) is 5.92 Å². The molecule has 0 bridgehead atoms. The Morgan fingerprint density at radius 1 is 1.46 bits per heavy atom. The summed E-state index contributed by atoms with van der Waals surface area (Å²) >= 11 is 0. The molecule has 1 saturated carbocycles. The van der Waals surface area contributed by atoms with Crippen LogP contribution in [0.2, 0.25) is 0 Å². The Morgan fingerprint density at radius 3 is 2.46 bits per heavy atom. The SMILES string of the molecule is CCC(C)(C)C1CCC(C(=O)O)C1. The van der Waals surface area contributed by atoms with E-state index in [-0.39, 0.29) is 5.92 Å². The van der Waals surface area contributed by atoms with E-state index in [0.717, 1.165) is 25.7 Å². The fourth-order valence-electron chi connectivity index (χ4n) is 2.20. The molecule has 2 heteroatoms. The average Bonchev–Trinajstić information content (AvgIpc) is 2.52. The first-order chi connectivity index (χ1) is 5.97. The highest BCUT2D eigenvalue weighted by Gasteiger charge is 2.37. The van der Waals surface area contributed by atoms with Crippen LogP contribution in [0, 0.1) is 17.3 Å². The maximum Gasteiger partial charge on any atom is 0.306 e. The standard InChI is InChI=1S/C11H20O2/c1-4-11(2,3)9-6-5-8(7-9)10(12)13/h8-9H,4-7H2,1-3H3,(H,12,13). The van der Waals surface area contributed by atoms with Crippen LogP contribution in [0.5, 0.6) is 0 Å². The second-order valence-electron chi connectivity index (χ2n) is 4.89. The Hall–Kier alpha value is -0.530. The van der Waals surface area contributed by atoms with Crippen LogP contribution in [0.4, 0.5) is 0 Å². The van der Waals surface area contributed by atoms with Gasteiger partial charge >= 0.3 is 5.97 Å². The molecule has 0 aromatic carbocycles. The van der Waals surface area contributed by atoms with Crippen molar-refractivity contribution in [1.82, 2.24) is 0 Å². The summed E-state index contributed by atoms with van der Waals surface area (Å²) in [6.07, 6.45) is 4.00. The Labute approximate surface area is 80.3 Å². The third-order valence-corrected chi connectivity index (χ3v) is 3.80. The van der Waals surface area contributed by atoms with E-state index in [2.05, 4.69) is 20.8 Å². The van der Waals surface area contributed by atoms with Crippen LogP contribution >= 0.6 is 0 Å². The number of carbonyl (C=O) groups is 1. The van der Waals surface area contributed by atoms with E-state index in [4.69, 9.17) is 5.11 Å². The Kier molecular flexibility index (Phi) is 2.99. The summed E-state index contributed by atoms with van der Waals surface area (Å²) in [7, 11) is 0. The molecule has 0 aromatic heterocycles. The molecule has 1 fully saturated rings. The second kappa shape index (κ2) is 3.69. The van der Waals surface area contributed by atoms with Gasteiger partial charge < -0.3 is 5.11 Å². The number of carboxylic acid groups (broad SMARTS) is 1. The molecule has 76 valence electrons. The zero-order chi connectivity index (χ0) is 10.1. The van der Waals surface area contributed by atoms with E-state index in [1.807, 2.05) is 0 Å². The largest absolute Gasteiger partial charge is 0.481 e. The van der Waals surface area contributed by atoms with E-state index in [0.29, 0.717) is 11.3 Å². The van der Waals surface area contributed by atoms with Gasteiger partial charge in [0.25, 0.3) is 0 Å². The van der Waals surface area contributed by atoms with E-state index in [1.165, 1.54) is 0 Å². The molecule has 2 atom stereocenters. The minimum absolute atomic E-state index is 0.0733. The van der Waals surface area contributed by atoms with Gasteiger partial charge in [-0.15, -0.1) is 0 Å². The first-order valence-electron chi connectivity index (χ1n) is 5.20. The van der Waals surface area contributed by atoms with Crippen LogP contribution in [0.3, 0.4) is 0 Å². The highest BCUT2D eigenvalue weighted by atomic mass is 16.4. The van der Waals surface area contributed by atoms with Crippen molar-refractivity contribution in [2.24, 2.45) is 17.3 Å². The highest BCUT2D eigenvalue weighted by Crippen LogP contribution is 2.44. The van der Waals surface area contributed by atoms with Crippen molar-refractivity contribution in [2.75, 3.05) is 0 Å². The van der Waals surface area contributed by atoms with Gasteiger partial charge in [-0.3, -0.25) is 4.79 Å². The summed E-state index contributed by atoms with van der Waals surface area (Å²) in [4.78, 5) is 10.8. The maximum atomic E-state index is 10.8. The summed E-state index contributed by atoms with van der Waals surface area (Å²) in [6, 6.07) is 0. The van der Waals surface area contributed by atoms with Crippen LogP contribution in [-0.4, -0.2) is 11.1 Å². The summed E-state index contributed by atoms with van der Waals surface area (Å²) in [5, 5.41) is 8.87. The number of hydrogen-bond donors (Lipinski definition) is 1. The lowest BCUT2D eigenvalue weighted by Gasteiger charge is -2.30. The normalized spacial score (nSPS) is 29.2. The van der Waals surface area contributed by atoms with Crippen molar-refractivity contribution in [2.45, 2.75) is 46.5 Å². The summed E-state index contributed by atoms with van der Waals surface area (Å²) in [5.41, 5.74) is 0.324. The van der Waals surface area contributed by atoms with Gasteiger partial charge in [-0.1, -0.05) is 27.2 Å². The van der Waals surface area contributed by atoms with Gasteiger partial charge in [-0.05, 0) is 30.6 Å². The van der Waals surface area contributed by atoms with Crippen molar-refractivity contribution in [3.63, 3.8) is 0 Å². The zero-order valence-electron chi connectivity index (χ0n) is 8.84. The van der Waals surface area contributed by atoms with Gasteiger partial charge in [0, 0.05) is 0 Å². The Balaban J connectivity index is 2.54. The first kappa shape index (κ1) is 10.6. The van der Waals surface area contributed by atoms with Gasteiger partial charge in [-0.2, -0.15) is 0 Å². The minimum atomic E-state index is -0.602. The smallest absolute Gasteiger partial charge is 0.306 e. The molecule has 0 heterocycles. The highest BCUT2D eigenvalue weighted by molar-refractivity contribution is 5.70. The fourth-order valence-corrected chi connectivity index (χ4v) is 2.20. The summed E-state index contributed by atoms with van der Waals surface area (Å²) in [5.74, 6) is -0.0659. The van der Waals surface area contributed by atoms with Crippen LogP contribution in [0.15, 0.2) is 0 Å². The molecule has 1 aliphatic rings. The zero-order valence-corrected chi connectivity index (χ0v) is 8.84. The van der Waals surface area contributed by atoms with Crippen molar-refractivity contribution >= 4 is 5.97 Å². The maximum absolute atomic E-state index is 10.8. The van der Waals surface area contributed by atoms with Crippen LogP contribution in [-0.2, 0) is 4.79 Å². The third-order valence-electron chi connectivity index (χ3n) is 3.80. The van der Waals surface area contributed by atoms with Crippen molar-refractivity contribution in [3.8, 4) is 0 Å². The van der Waals surface area contributed by atoms with Gasteiger partial charge in [-0.25, -0.2) is 0 Å². The lowest BCUT2D eigenvalue weighted by Crippen LogP contribution is -2.21. The van der Waals surface area contributed by atoms with Gasteiger partial charge in [0.15, 0.2) is 0 Å². The fraction of sp³-hybridized carbons (Fsp3) is 0.909.